The van der Waals surface area contributed by atoms with Gasteiger partial charge in [-0.05, 0) is 135 Å². The molecule has 2 aromatic rings. The van der Waals surface area contributed by atoms with E-state index in [1.165, 1.54) is 44.5 Å². The summed E-state index contributed by atoms with van der Waals surface area (Å²) >= 11 is 0. The first-order valence-electron chi connectivity index (χ1n) is 8.41. The summed E-state index contributed by atoms with van der Waals surface area (Å²) in [5.41, 5.74) is 18.3. The molecule has 2 aromatic carbocycles. The molecule has 4 aliphatic rings. The minimum Gasteiger partial charge on any atom is -0.0441 e. The lowest BCUT2D eigenvalue weighted by Crippen LogP contribution is -2.14. The van der Waals surface area contributed by atoms with Gasteiger partial charge in [0.05, 0.1) is 0 Å². The molecule has 0 N–H and O–H groups in total. The van der Waals surface area contributed by atoms with Crippen molar-refractivity contribution in [1.29, 1.82) is 0 Å². The summed E-state index contributed by atoms with van der Waals surface area (Å²) in [6.07, 6.45) is 2.17. The minimum absolute atomic E-state index is 1.08. The number of benzene rings is 2. The summed E-state index contributed by atoms with van der Waals surface area (Å²) in [5.74, 6) is 0. The Morgan fingerprint density at radius 1 is 0.318 bits per heavy atom. The van der Waals surface area contributed by atoms with Crippen LogP contribution in [0.4, 0.5) is 0 Å². The molecule has 0 aliphatic heterocycles. The third kappa shape index (κ3) is 1.89. The van der Waals surface area contributed by atoms with Crippen molar-refractivity contribution in [3.63, 3.8) is 0 Å². The van der Waals surface area contributed by atoms with E-state index in [0.717, 1.165) is 12.8 Å². The number of hydrogen-bond donors (Lipinski definition) is 0. The van der Waals surface area contributed by atoms with Crippen LogP contribution in [0.15, 0.2) is 0 Å². The van der Waals surface area contributed by atoms with Crippen LogP contribution in [0.3, 0.4) is 0 Å². The van der Waals surface area contributed by atoms with Gasteiger partial charge in [0.25, 0.3) is 0 Å². The zero-order chi connectivity index (χ0) is 16.3. The molecule has 0 unspecified atom stereocenters. The zero-order valence-corrected chi connectivity index (χ0v) is 15.4. The molecule has 0 saturated carbocycles. The zero-order valence-electron chi connectivity index (χ0n) is 15.4. The maximum atomic E-state index is 2.32. The lowest BCUT2D eigenvalue weighted by molar-refractivity contribution is 0.959. The van der Waals surface area contributed by atoms with Crippen molar-refractivity contribution in [2.75, 3.05) is 0 Å². The van der Waals surface area contributed by atoms with E-state index in [1.54, 1.807) is 22.3 Å². The fraction of sp³-hybridized carbons (Fsp3) is 0.455. The van der Waals surface area contributed by atoms with Gasteiger partial charge in [0.2, 0.25) is 0 Å². The Balaban J connectivity index is 2.48. The van der Waals surface area contributed by atoms with Gasteiger partial charge in [-0.25, -0.2) is 0 Å². The quantitative estimate of drug-likeness (QED) is 0.502. The van der Waals surface area contributed by atoms with Crippen LogP contribution in [0.25, 0.3) is 0 Å². The lowest BCUT2D eigenvalue weighted by atomic mass is 9.77. The third-order valence-electron chi connectivity index (χ3n) is 6.58. The SMILES string of the molecule is Cc1c(C)c2c(C)c(C)c1Cc1c(C)c(C)c(c(C)c1C)C2. The van der Waals surface area contributed by atoms with Crippen LogP contribution in [-0.2, 0) is 12.8 Å². The Kier molecular flexibility index (Phi) is 3.47. The predicted molar refractivity (Wildman–Crippen MR) is 96.4 cm³/mol. The van der Waals surface area contributed by atoms with Crippen molar-refractivity contribution in [1.82, 2.24) is 0 Å². The molecule has 0 heteroatoms. The molecule has 0 aromatic heterocycles. The summed E-state index contributed by atoms with van der Waals surface area (Å²) in [6.45, 7) is 18.5. The molecule has 6 rings (SSSR count). The summed E-state index contributed by atoms with van der Waals surface area (Å²) in [5, 5.41) is 0. The van der Waals surface area contributed by atoms with E-state index in [2.05, 4.69) is 55.4 Å². The van der Waals surface area contributed by atoms with E-state index in [4.69, 9.17) is 0 Å². The molecular weight excluding hydrogens is 264 g/mol. The Hall–Kier alpha value is -1.56. The van der Waals surface area contributed by atoms with E-state index in [-0.39, 0.29) is 0 Å². The van der Waals surface area contributed by atoms with Gasteiger partial charge in [0.1, 0.15) is 0 Å². The lowest BCUT2D eigenvalue weighted by Gasteiger charge is -2.28. The maximum absolute atomic E-state index is 2.32. The molecule has 4 bridgehead atoms. The van der Waals surface area contributed by atoms with Crippen molar-refractivity contribution in [2.24, 2.45) is 0 Å². The highest BCUT2D eigenvalue weighted by Gasteiger charge is 2.23. The molecule has 0 nitrogen and oxygen atoms in total. The van der Waals surface area contributed by atoms with E-state index in [1.807, 2.05) is 0 Å². The topological polar surface area (TPSA) is 0 Å². The van der Waals surface area contributed by atoms with Gasteiger partial charge in [-0.2, -0.15) is 0 Å². The van der Waals surface area contributed by atoms with Crippen LogP contribution in [-0.4, -0.2) is 0 Å². The van der Waals surface area contributed by atoms with Gasteiger partial charge >= 0.3 is 0 Å². The smallest absolute Gasteiger partial charge is 0.00149 e. The Labute approximate surface area is 135 Å². The van der Waals surface area contributed by atoms with Crippen molar-refractivity contribution >= 4 is 0 Å². The van der Waals surface area contributed by atoms with Gasteiger partial charge in [0.15, 0.2) is 0 Å². The van der Waals surface area contributed by atoms with E-state index in [9.17, 15) is 0 Å². The van der Waals surface area contributed by atoms with Gasteiger partial charge in [0, 0.05) is 0 Å². The first-order valence-corrected chi connectivity index (χ1v) is 8.41. The summed E-state index contributed by atoms with van der Waals surface area (Å²) in [6, 6.07) is 0. The van der Waals surface area contributed by atoms with Gasteiger partial charge < -0.3 is 0 Å². The first-order chi connectivity index (χ1) is 10.3. The molecule has 0 fully saturated rings. The molecule has 0 amide bonds. The summed E-state index contributed by atoms with van der Waals surface area (Å²) in [4.78, 5) is 0. The second kappa shape index (κ2) is 4.98. The fourth-order valence-electron chi connectivity index (χ4n) is 4.35. The van der Waals surface area contributed by atoms with Crippen LogP contribution in [0, 0.1) is 55.4 Å². The molecule has 22 heavy (non-hydrogen) atoms. The van der Waals surface area contributed by atoms with Crippen LogP contribution in [0.2, 0.25) is 0 Å². The second-order valence-corrected chi connectivity index (χ2v) is 7.27. The molecule has 0 atom stereocenters. The first kappa shape index (κ1) is 15.3. The molecule has 0 heterocycles. The molecular formula is C22H28. The second-order valence-electron chi connectivity index (χ2n) is 7.27. The Morgan fingerprint density at radius 3 is 0.591 bits per heavy atom. The summed E-state index contributed by atoms with van der Waals surface area (Å²) < 4.78 is 0. The molecule has 116 valence electrons. The van der Waals surface area contributed by atoms with Crippen molar-refractivity contribution in [3.8, 4) is 0 Å². The number of rotatable bonds is 0. The van der Waals surface area contributed by atoms with Crippen LogP contribution in [0.1, 0.15) is 66.8 Å². The van der Waals surface area contributed by atoms with Gasteiger partial charge in [-0.15, -0.1) is 0 Å². The van der Waals surface area contributed by atoms with E-state index < -0.39 is 0 Å². The van der Waals surface area contributed by atoms with E-state index in [0.29, 0.717) is 0 Å². The molecule has 0 radical (unpaired) electrons. The van der Waals surface area contributed by atoms with Crippen LogP contribution >= 0.6 is 0 Å². The van der Waals surface area contributed by atoms with Gasteiger partial charge in [-0.3, -0.25) is 0 Å². The maximum Gasteiger partial charge on any atom is -0.00149 e. The third-order valence-corrected chi connectivity index (χ3v) is 6.58. The predicted octanol–water partition coefficient (Wildman–Crippen LogP) is 5.65. The molecule has 0 saturated heterocycles. The largest absolute Gasteiger partial charge is 0.0441 e. The molecule has 0 spiro atoms. The fourth-order valence-corrected chi connectivity index (χ4v) is 4.35. The van der Waals surface area contributed by atoms with Crippen molar-refractivity contribution < 1.29 is 0 Å². The van der Waals surface area contributed by atoms with Gasteiger partial charge in [-0.1, -0.05) is 0 Å². The highest BCUT2D eigenvalue weighted by molar-refractivity contribution is 5.60. The monoisotopic (exact) mass is 292 g/mol. The highest BCUT2D eigenvalue weighted by atomic mass is 14.3. The minimum atomic E-state index is 1.08. The van der Waals surface area contributed by atoms with Crippen molar-refractivity contribution in [2.45, 2.75) is 68.2 Å². The number of hydrogen-bond acceptors (Lipinski definition) is 0. The van der Waals surface area contributed by atoms with E-state index >= 15 is 0 Å². The van der Waals surface area contributed by atoms with Crippen LogP contribution in [0.5, 0.6) is 0 Å². The Morgan fingerprint density at radius 2 is 0.455 bits per heavy atom. The average molecular weight is 292 g/mol. The normalized spacial score (nSPS) is 13.1. The average Bonchev–Trinajstić information content (AvgIpc) is 2.49. The Bertz CT molecular complexity index is 610. The molecule has 4 aliphatic carbocycles. The highest BCUT2D eigenvalue weighted by Crippen LogP contribution is 2.37. The standard InChI is InChI=1S/C22H28/c1-11-12(2)20-10-22-17(7)15(5)21(16(6)18(22)8)9-19(11)13(3)14(20)4/h9-10H2,1-8H3. The summed E-state index contributed by atoms with van der Waals surface area (Å²) in [7, 11) is 0. The van der Waals surface area contributed by atoms with Crippen molar-refractivity contribution in [3.05, 3.63) is 66.8 Å². The van der Waals surface area contributed by atoms with Crippen LogP contribution < -0.4 is 0 Å².